The number of hydrogen-bond acceptors (Lipinski definition) is 4. The van der Waals surface area contributed by atoms with E-state index in [1.165, 1.54) is 17.7 Å². The Bertz CT molecular complexity index is 961. The van der Waals surface area contributed by atoms with Crippen molar-refractivity contribution in [2.75, 3.05) is 5.32 Å². The Balaban J connectivity index is 1.73. The molecule has 3 aromatic rings. The topological polar surface area (TPSA) is 90.1 Å². The minimum Gasteiger partial charge on any atom is -0.305 e. The second-order valence-corrected chi connectivity index (χ2v) is 6.05. The molecule has 1 heterocycles. The fourth-order valence-corrected chi connectivity index (χ4v) is 2.65. The van der Waals surface area contributed by atoms with Crippen LogP contribution < -0.4 is 5.32 Å². The van der Waals surface area contributed by atoms with E-state index in [4.69, 9.17) is 0 Å². The number of carbonyl (C=O) groups is 1. The highest BCUT2D eigenvalue weighted by Crippen LogP contribution is 2.21. The lowest BCUT2D eigenvalue weighted by atomic mass is 10.1. The standard InChI is InChI=1S/C19H18N4O3/c1-13-6-8-15(9-7-13)12-22-11-10-18(21-22)20-19(24)16-4-3-5-17(14(16)2)23(25)26/h3-11H,12H2,1-2H3,(H,20,21,24). The van der Waals surface area contributed by atoms with Crippen molar-refractivity contribution in [3.8, 4) is 0 Å². The van der Waals surface area contributed by atoms with Crippen molar-refractivity contribution in [2.45, 2.75) is 20.4 Å². The van der Waals surface area contributed by atoms with E-state index in [1.54, 1.807) is 29.9 Å². The third-order valence-corrected chi connectivity index (χ3v) is 4.09. The van der Waals surface area contributed by atoms with Crippen LogP contribution in [-0.4, -0.2) is 20.6 Å². The molecule has 1 amide bonds. The average molecular weight is 350 g/mol. The number of rotatable bonds is 5. The minimum atomic E-state index is -0.498. The van der Waals surface area contributed by atoms with Crippen molar-refractivity contribution >= 4 is 17.4 Å². The monoisotopic (exact) mass is 350 g/mol. The van der Waals surface area contributed by atoms with Crippen LogP contribution in [0.15, 0.2) is 54.7 Å². The van der Waals surface area contributed by atoms with Crippen molar-refractivity contribution < 1.29 is 9.72 Å². The molecule has 1 aromatic heterocycles. The SMILES string of the molecule is Cc1ccc(Cn2ccc(NC(=O)c3cccc([N+](=O)[O-])c3C)n2)cc1. The summed E-state index contributed by atoms with van der Waals surface area (Å²) in [7, 11) is 0. The molecule has 0 aliphatic carbocycles. The van der Waals surface area contributed by atoms with Crippen LogP contribution in [0.25, 0.3) is 0 Å². The summed E-state index contributed by atoms with van der Waals surface area (Å²) in [6, 6.07) is 14.3. The number of nitrogens with one attached hydrogen (secondary N) is 1. The number of nitro benzene ring substituents is 1. The quantitative estimate of drug-likeness (QED) is 0.561. The number of aromatic nitrogens is 2. The van der Waals surface area contributed by atoms with Gasteiger partial charge in [-0.25, -0.2) is 0 Å². The van der Waals surface area contributed by atoms with E-state index in [0.29, 0.717) is 17.9 Å². The van der Waals surface area contributed by atoms with Gasteiger partial charge in [-0.3, -0.25) is 19.6 Å². The Morgan fingerprint density at radius 3 is 2.58 bits per heavy atom. The van der Waals surface area contributed by atoms with Crippen molar-refractivity contribution in [1.82, 2.24) is 9.78 Å². The Morgan fingerprint density at radius 2 is 1.88 bits per heavy atom. The molecule has 7 heteroatoms. The number of benzene rings is 2. The molecular weight excluding hydrogens is 332 g/mol. The van der Waals surface area contributed by atoms with Crippen LogP contribution >= 0.6 is 0 Å². The zero-order valence-corrected chi connectivity index (χ0v) is 14.5. The molecule has 2 aromatic carbocycles. The summed E-state index contributed by atoms with van der Waals surface area (Å²) in [5.74, 6) is -0.0280. The number of nitro groups is 1. The van der Waals surface area contributed by atoms with Gasteiger partial charge in [-0.1, -0.05) is 35.9 Å². The fraction of sp³-hybridized carbons (Fsp3) is 0.158. The van der Waals surface area contributed by atoms with E-state index in [-0.39, 0.29) is 11.3 Å². The van der Waals surface area contributed by atoms with Gasteiger partial charge in [0.15, 0.2) is 5.82 Å². The van der Waals surface area contributed by atoms with Gasteiger partial charge < -0.3 is 5.32 Å². The lowest BCUT2D eigenvalue weighted by Crippen LogP contribution is -2.15. The second kappa shape index (κ2) is 7.18. The maximum Gasteiger partial charge on any atom is 0.273 e. The normalized spacial score (nSPS) is 10.5. The van der Waals surface area contributed by atoms with E-state index >= 15 is 0 Å². The Labute approximate surface area is 150 Å². The summed E-state index contributed by atoms with van der Waals surface area (Å²) < 4.78 is 1.72. The van der Waals surface area contributed by atoms with Crippen LogP contribution in [0.4, 0.5) is 11.5 Å². The second-order valence-electron chi connectivity index (χ2n) is 6.05. The van der Waals surface area contributed by atoms with Crippen LogP contribution in [0.2, 0.25) is 0 Å². The lowest BCUT2D eigenvalue weighted by Gasteiger charge is -2.06. The van der Waals surface area contributed by atoms with Gasteiger partial charge in [0.1, 0.15) is 0 Å². The summed E-state index contributed by atoms with van der Waals surface area (Å²) in [6.07, 6.45) is 1.77. The van der Waals surface area contributed by atoms with E-state index in [2.05, 4.69) is 10.4 Å². The molecule has 0 bridgehead atoms. The predicted octanol–water partition coefficient (Wildman–Crippen LogP) is 3.71. The lowest BCUT2D eigenvalue weighted by molar-refractivity contribution is -0.385. The van der Waals surface area contributed by atoms with Crippen molar-refractivity contribution in [3.05, 3.63) is 87.1 Å². The maximum absolute atomic E-state index is 12.4. The number of nitrogens with zero attached hydrogens (tertiary/aromatic N) is 3. The molecular formula is C19H18N4O3. The molecule has 26 heavy (non-hydrogen) atoms. The number of carbonyl (C=O) groups excluding carboxylic acids is 1. The molecule has 0 aliphatic rings. The molecule has 0 aliphatic heterocycles. The largest absolute Gasteiger partial charge is 0.305 e. The van der Waals surface area contributed by atoms with E-state index in [1.807, 2.05) is 31.2 Å². The number of anilines is 1. The summed E-state index contributed by atoms with van der Waals surface area (Å²) in [6.45, 7) is 4.18. The highest BCUT2D eigenvalue weighted by molar-refractivity contribution is 6.05. The molecule has 0 fully saturated rings. The van der Waals surface area contributed by atoms with Gasteiger partial charge in [0.25, 0.3) is 11.6 Å². The minimum absolute atomic E-state index is 0.0810. The van der Waals surface area contributed by atoms with Gasteiger partial charge in [0.05, 0.1) is 11.5 Å². The van der Waals surface area contributed by atoms with Crippen LogP contribution in [0.1, 0.15) is 27.0 Å². The third-order valence-electron chi connectivity index (χ3n) is 4.09. The number of aryl methyl sites for hydroxylation is 1. The van der Waals surface area contributed by atoms with E-state index in [0.717, 1.165) is 5.56 Å². The van der Waals surface area contributed by atoms with Crippen molar-refractivity contribution in [1.29, 1.82) is 0 Å². The first-order valence-corrected chi connectivity index (χ1v) is 8.08. The van der Waals surface area contributed by atoms with Gasteiger partial charge in [0.2, 0.25) is 0 Å². The molecule has 0 unspecified atom stereocenters. The third kappa shape index (κ3) is 3.77. The van der Waals surface area contributed by atoms with Gasteiger partial charge in [-0.2, -0.15) is 5.10 Å². The first-order valence-electron chi connectivity index (χ1n) is 8.08. The molecule has 1 N–H and O–H groups in total. The van der Waals surface area contributed by atoms with Crippen molar-refractivity contribution in [2.24, 2.45) is 0 Å². The fourth-order valence-electron chi connectivity index (χ4n) is 2.65. The summed E-state index contributed by atoms with van der Waals surface area (Å²) in [5.41, 5.74) is 2.80. The molecule has 7 nitrogen and oxygen atoms in total. The van der Waals surface area contributed by atoms with Gasteiger partial charge >= 0.3 is 0 Å². The first-order chi connectivity index (χ1) is 12.4. The summed E-state index contributed by atoms with van der Waals surface area (Å²) in [5, 5.41) is 18.0. The van der Waals surface area contributed by atoms with Crippen LogP contribution in [-0.2, 0) is 6.54 Å². The summed E-state index contributed by atoms with van der Waals surface area (Å²) in [4.78, 5) is 22.9. The zero-order chi connectivity index (χ0) is 18.7. The number of amides is 1. The molecule has 0 spiro atoms. The highest BCUT2D eigenvalue weighted by Gasteiger charge is 2.18. The van der Waals surface area contributed by atoms with Crippen LogP contribution in [0, 0.1) is 24.0 Å². The molecule has 3 rings (SSSR count). The van der Waals surface area contributed by atoms with E-state index in [9.17, 15) is 14.9 Å². The Hall–Kier alpha value is -3.48. The smallest absolute Gasteiger partial charge is 0.273 e. The predicted molar refractivity (Wildman–Crippen MR) is 98.3 cm³/mol. The van der Waals surface area contributed by atoms with Crippen molar-refractivity contribution in [3.63, 3.8) is 0 Å². The molecule has 0 radical (unpaired) electrons. The Kier molecular flexibility index (Phi) is 4.79. The Morgan fingerprint density at radius 1 is 1.15 bits per heavy atom. The van der Waals surface area contributed by atoms with E-state index < -0.39 is 10.8 Å². The zero-order valence-electron chi connectivity index (χ0n) is 14.5. The number of hydrogen-bond donors (Lipinski definition) is 1. The average Bonchev–Trinajstić information content (AvgIpc) is 3.03. The first kappa shape index (κ1) is 17.3. The summed E-state index contributed by atoms with van der Waals surface area (Å²) >= 11 is 0. The van der Waals surface area contributed by atoms with Crippen LogP contribution in [0.5, 0.6) is 0 Å². The van der Waals surface area contributed by atoms with Gasteiger partial charge in [0, 0.05) is 29.5 Å². The van der Waals surface area contributed by atoms with Gasteiger partial charge in [-0.15, -0.1) is 0 Å². The maximum atomic E-state index is 12.4. The molecule has 132 valence electrons. The molecule has 0 saturated heterocycles. The molecule has 0 atom stereocenters. The molecule has 0 saturated carbocycles. The van der Waals surface area contributed by atoms with Crippen LogP contribution in [0.3, 0.4) is 0 Å². The highest BCUT2D eigenvalue weighted by atomic mass is 16.6. The van der Waals surface area contributed by atoms with Gasteiger partial charge in [-0.05, 0) is 25.5 Å².